The van der Waals surface area contributed by atoms with Gasteiger partial charge in [0.2, 0.25) is 0 Å². The van der Waals surface area contributed by atoms with Crippen molar-refractivity contribution < 1.29 is 9.59 Å². The van der Waals surface area contributed by atoms with Crippen molar-refractivity contribution in [3.63, 3.8) is 0 Å². The van der Waals surface area contributed by atoms with Gasteiger partial charge in [-0.1, -0.05) is 68.4 Å². The van der Waals surface area contributed by atoms with E-state index in [0.29, 0.717) is 18.8 Å². The number of nitrogens with one attached hydrogen (secondary N) is 1. The molecule has 3 amide bonds. The molecule has 5 nitrogen and oxygen atoms in total. The summed E-state index contributed by atoms with van der Waals surface area (Å²) in [5.74, 6) is 0.130. The van der Waals surface area contributed by atoms with Crippen LogP contribution in [0.1, 0.15) is 49.8 Å². The van der Waals surface area contributed by atoms with Crippen LogP contribution in [-0.2, 0) is 11.2 Å². The fourth-order valence-electron chi connectivity index (χ4n) is 3.07. The third kappa shape index (κ3) is 4.25. The van der Waals surface area contributed by atoms with Gasteiger partial charge in [0, 0.05) is 0 Å². The number of hydrogen-bond donors (Lipinski definition) is 1. The first-order chi connectivity index (χ1) is 12.9. The van der Waals surface area contributed by atoms with Gasteiger partial charge in [0.15, 0.2) is 0 Å². The smallest absolute Gasteiger partial charge is 0.322 e. The predicted molar refractivity (Wildman–Crippen MR) is 107 cm³/mol. The summed E-state index contributed by atoms with van der Waals surface area (Å²) in [7, 11) is 0. The topological polar surface area (TPSA) is 61.8 Å². The van der Waals surface area contributed by atoms with Gasteiger partial charge in [0.05, 0.1) is 6.21 Å². The second kappa shape index (κ2) is 7.74. The maximum absolute atomic E-state index is 12.8. The number of benzene rings is 2. The first-order valence-corrected chi connectivity index (χ1v) is 9.23. The molecule has 0 spiro atoms. The Balaban J connectivity index is 1.68. The molecule has 27 heavy (non-hydrogen) atoms. The quantitative estimate of drug-likeness (QED) is 0.621. The molecular weight excluding hydrogens is 338 g/mol. The van der Waals surface area contributed by atoms with Gasteiger partial charge in [-0.25, -0.2) is 4.79 Å². The highest BCUT2D eigenvalue weighted by molar-refractivity contribution is 6.07. The Bertz CT molecular complexity index is 844. The van der Waals surface area contributed by atoms with Crippen LogP contribution in [-0.4, -0.2) is 28.7 Å². The number of rotatable bonds is 6. The van der Waals surface area contributed by atoms with Crippen LogP contribution in [0.4, 0.5) is 4.79 Å². The van der Waals surface area contributed by atoms with Crippen LogP contribution in [0, 0.1) is 0 Å². The predicted octanol–water partition coefficient (Wildman–Crippen LogP) is 4.09. The van der Waals surface area contributed by atoms with Crippen molar-refractivity contribution >= 4 is 18.2 Å². The Morgan fingerprint density at radius 1 is 1.07 bits per heavy atom. The lowest BCUT2D eigenvalue weighted by Crippen LogP contribution is -2.44. The molecule has 1 fully saturated rings. The standard InChI is InChI=1S/C22H25N3O2/c1-16(2)19-11-9-18(10-12-19)15-23-25-20(26)22(3,24-21(25)27)14-13-17-7-5-4-6-8-17/h4-12,15-16H,13-14H2,1-3H3,(H,24,27)/b23-15-/t22-/m1/s1. The molecule has 1 saturated heterocycles. The molecule has 0 saturated carbocycles. The van der Waals surface area contributed by atoms with Gasteiger partial charge in [-0.3, -0.25) is 4.79 Å². The van der Waals surface area contributed by atoms with E-state index in [2.05, 4.69) is 24.3 Å². The van der Waals surface area contributed by atoms with E-state index >= 15 is 0 Å². The number of imide groups is 1. The van der Waals surface area contributed by atoms with Crippen molar-refractivity contribution in [3.05, 3.63) is 71.3 Å². The maximum Gasteiger partial charge on any atom is 0.346 e. The van der Waals surface area contributed by atoms with Gasteiger partial charge in [-0.2, -0.15) is 5.10 Å². The van der Waals surface area contributed by atoms with Crippen LogP contribution in [0.2, 0.25) is 0 Å². The first-order valence-electron chi connectivity index (χ1n) is 9.23. The molecule has 1 N–H and O–H groups in total. The van der Waals surface area contributed by atoms with Crippen molar-refractivity contribution in [2.75, 3.05) is 0 Å². The third-order valence-electron chi connectivity index (χ3n) is 4.92. The van der Waals surface area contributed by atoms with Gasteiger partial charge in [-0.05, 0) is 42.4 Å². The molecule has 2 aromatic rings. The fraction of sp³-hybridized carbons (Fsp3) is 0.318. The molecule has 1 heterocycles. The van der Waals surface area contributed by atoms with Crippen molar-refractivity contribution in [1.29, 1.82) is 0 Å². The normalized spacial score (nSPS) is 19.9. The van der Waals surface area contributed by atoms with Gasteiger partial charge < -0.3 is 5.32 Å². The van der Waals surface area contributed by atoms with Crippen LogP contribution in [0.25, 0.3) is 0 Å². The average molecular weight is 363 g/mol. The number of aryl methyl sites for hydroxylation is 1. The molecular formula is C22H25N3O2. The summed E-state index contributed by atoms with van der Waals surface area (Å²) < 4.78 is 0. The minimum atomic E-state index is -0.939. The van der Waals surface area contributed by atoms with Crippen molar-refractivity contribution in [1.82, 2.24) is 10.3 Å². The second-order valence-electron chi connectivity index (χ2n) is 7.43. The van der Waals surface area contributed by atoms with E-state index in [1.165, 1.54) is 5.56 Å². The molecule has 5 heteroatoms. The van der Waals surface area contributed by atoms with Crippen LogP contribution in [0.5, 0.6) is 0 Å². The van der Waals surface area contributed by atoms with Crippen molar-refractivity contribution in [2.45, 2.75) is 45.1 Å². The third-order valence-corrected chi connectivity index (χ3v) is 4.92. The van der Waals surface area contributed by atoms with Gasteiger partial charge >= 0.3 is 6.03 Å². The molecule has 1 aliphatic rings. The largest absolute Gasteiger partial charge is 0.346 e. The summed E-state index contributed by atoms with van der Waals surface area (Å²) in [6.45, 7) is 6.02. The highest BCUT2D eigenvalue weighted by Crippen LogP contribution is 2.23. The highest BCUT2D eigenvalue weighted by Gasteiger charge is 2.47. The van der Waals surface area contributed by atoms with E-state index < -0.39 is 11.6 Å². The Hall–Kier alpha value is -2.95. The van der Waals surface area contributed by atoms with E-state index in [-0.39, 0.29) is 5.91 Å². The Morgan fingerprint density at radius 2 is 1.74 bits per heavy atom. The fourth-order valence-corrected chi connectivity index (χ4v) is 3.07. The second-order valence-corrected chi connectivity index (χ2v) is 7.43. The van der Waals surface area contributed by atoms with Gasteiger partial charge in [0.1, 0.15) is 5.54 Å². The molecule has 0 radical (unpaired) electrons. The first kappa shape index (κ1) is 18.8. The molecule has 0 aliphatic carbocycles. The number of hydrazone groups is 1. The lowest BCUT2D eigenvalue weighted by atomic mass is 9.93. The summed E-state index contributed by atoms with van der Waals surface area (Å²) in [4.78, 5) is 25.0. The number of nitrogens with zero attached hydrogens (tertiary/aromatic N) is 2. The van der Waals surface area contributed by atoms with Gasteiger partial charge in [0.25, 0.3) is 5.91 Å². The number of hydrogen-bond acceptors (Lipinski definition) is 3. The van der Waals surface area contributed by atoms with E-state index in [1.807, 2.05) is 54.6 Å². The lowest BCUT2D eigenvalue weighted by molar-refractivity contribution is -0.130. The van der Waals surface area contributed by atoms with Crippen molar-refractivity contribution in [2.24, 2.45) is 5.10 Å². The SMILES string of the molecule is CC(C)c1ccc(/C=N\N2C(=O)N[C@](C)(CCc3ccccc3)C2=O)cc1. The van der Waals surface area contributed by atoms with Crippen LogP contribution in [0.3, 0.4) is 0 Å². The monoisotopic (exact) mass is 363 g/mol. The number of urea groups is 1. The van der Waals surface area contributed by atoms with E-state index in [0.717, 1.165) is 16.1 Å². The minimum Gasteiger partial charge on any atom is -0.322 e. The van der Waals surface area contributed by atoms with Crippen LogP contribution < -0.4 is 5.32 Å². The average Bonchev–Trinajstić information content (AvgIpc) is 2.88. The molecule has 3 rings (SSSR count). The summed E-state index contributed by atoms with van der Waals surface area (Å²) in [6.07, 6.45) is 2.78. The van der Waals surface area contributed by atoms with Crippen LogP contribution in [0.15, 0.2) is 59.7 Å². The molecule has 1 aliphatic heterocycles. The van der Waals surface area contributed by atoms with Crippen molar-refractivity contribution in [3.8, 4) is 0 Å². The molecule has 0 bridgehead atoms. The van der Waals surface area contributed by atoms with E-state index in [9.17, 15) is 9.59 Å². The maximum atomic E-state index is 12.8. The Kier molecular flexibility index (Phi) is 5.40. The summed E-state index contributed by atoms with van der Waals surface area (Å²) in [5, 5.41) is 7.84. The molecule has 140 valence electrons. The number of amides is 3. The molecule has 1 atom stereocenters. The van der Waals surface area contributed by atoms with E-state index in [1.54, 1.807) is 13.1 Å². The summed E-state index contributed by atoms with van der Waals surface area (Å²) in [6, 6.07) is 17.4. The zero-order valence-corrected chi connectivity index (χ0v) is 16.0. The zero-order chi connectivity index (χ0) is 19.4. The zero-order valence-electron chi connectivity index (χ0n) is 16.0. The molecule has 0 aromatic heterocycles. The Labute approximate surface area is 160 Å². The Morgan fingerprint density at radius 3 is 2.37 bits per heavy atom. The summed E-state index contributed by atoms with van der Waals surface area (Å²) >= 11 is 0. The minimum absolute atomic E-state index is 0.321. The number of carbonyl (C=O) groups is 2. The lowest BCUT2D eigenvalue weighted by Gasteiger charge is -2.20. The molecule has 0 unspecified atom stereocenters. The molecule has 2 aromatic carbocycles. The van der Waals surface area contributed by atoms with Gasteiger partial charge in [-0.15, -0.1) is 5.01 Å². The number of carbonyl (C=O) groups excluding carboxylic acids is 2. The highest BCUT2D eigenvalue weighted by atomic mass is 16.2. The van der Waals surface area contributed by atoms with E-state index in [4.69, 9.17) is 0 Å². The summed E-state index contributed by atoms with van der Waals surface area (Å²) in [5.41, 5.74) is 2.27. The van der Waals surface area contributed by atoms with Crippen LogP contribution >= 0.6 is 0 Å².